The minimum absolute atomic E-state index is 0.635. The van der Waals surface area contributed by atoms with Crippen molar-refractivity contribution in [1.29, 1.82) is 0 Å². The summed E-state index contributed by atoms with van der Waals surface area (Å²) in [6.07, 6.45) is 5.00. The predicted molar refractivity (Wildman–Crippen MR) is 62.7 cm³/mol. The quantitative estimate of drug-likeness (QED) is 0.802. The molecular weight excluding hydrogens is 186 g/mol. The highest BCUT2D eigenvalue weighted by Crippen LogP contribution is 2.12. The Morgan fingerprint density at radius 2 is 2.13 bits per heavy atom. The molecule has 1 heterocycles. The fourth-order valence-electron chi connectivity index (χ4n) is 1.61. The molecule has 2 N–H and O–H groups in total. The number of rotatable bonds is 5. The maximum absolute atomic E-state index is 5.52. The van der Waals surface area contributed by atoms with Gasteiger partial charge >= 0.3 is 0 Å². The predicted octanol–water partition coefficient (Wildman–Crippen LogP) is 1.87. The topological polar surface area (TPSA) is 51.8 Å². The van der Waals surface area contributed by atoms with Crippen LogP contribution in [0.25, 0.3) is 0 Å². The Morgan fingerprint density at radius 3 is 2.73 bits per heavy atom. The second-order valence-electron chi connectivity index (χ2n) is 4.38. The van der Waals surface area contributed by atoms with Crippen molar-refractivity contribution in [3.05, 3.63) is 23.3 Å². The van der Waals surface area contributed by atoms with Crippen LogP contribution in [0.1, 0.15) is 37.4 Å². The molecule has 1 rings (SSSR count). The lowest BCUT2D eigenvalue weighted by atomic mass is 10.0. The highest BCUT2D eigenvalue weighted by molar-refractivity contribution is 5.18. The van der Waals surface area contributed by atoms with E-state index in [0.717, 1.165) is 31.6 Å². The second-order valence-corrected chi connectivity index (χ2v) is 4.38. The highest BCUT2D eigenvalue weighted by Gasteiger charge is 2.07. The van der Waals surface area contributed by atoms with E-state index in [-0.39, 0.29) is 0 Å². The molecule has 0 radical (unpaired) electrons. The molecule has 0 saturated heterocycles. The third kappa shape index (κ3) is 3.96. The van der Waals surface area contributed by atoms with Crippen LogP contribution in [0.4, 0.5) is 0 Å². The van der Waals surface area contributed by atoms with Crippen LogP contribution in [-0.4, -0.2) is 16.5 Å². The van der Waals surface area contributed by atoms with Crippen LogP contribution < -0.4 is 5.73 Å². The van der Waals surface area contributed by atoms with Gasteiger partial charge in [0.2, 0.25) is 0 Å². The Labute approximate surface area is 92.1 Å². The van der Waals surface area contributed by atoms with E-state index < -0.39 is 0 Å². The van der Waals surface area contributed by atoms with Gasteiger partial charge in [-0.05, 0) is 44.2 Å². The third-order valence-electron chi connectivity index (χ3n) is 2.33. The zero-order valence-electron chi connectivity index (χ0n) is 9.95. The second kappa shape index (κ2) is 5.81. The van der Waals surface area contributed by atoms with E-state index in [2.05, 4.69) is 23.8 Å². The average molecular weight is 207 g/mol. The molecule has 84 valence electrons. The summed E-state index contributed by atoms with van der Waals surface area (Å²) < 4.78 is 0. The van der Waals surface area contributed by atoms with E-state index in [0.29, 0.717) is 5.92 Å². The summed E-state index contributed by atoms with van der Waals surface area (Å²) in [6.45, 7) is 7.10. The first-order valence-electron chi connectivity index (χ1n) is 5.65. The average Bonchev–Trinajstić information content (AvgIpc) is 2.16. The number of hydrogen-bond acceptors (Lipinski definition) is 3. The van der Waals surface area contributed by atoms with Crippen molar-refractivity contribution in [3.8, 4) is 0 Å². The Morgan fingerprint density at radius 1 is 1.40 bits per heavy atom. The molecule has 3 heteroatoms. The van der Waals surface area contributed by atoms with Crippen LogP contribution in [0.5, 0.6) is 0 Å². The SMILES string of the molecule is Cc1ncc(CCCN)c(CC(C)C)n1. The van der Waals surface area contributed by atoms with Crippen LogP contribution >= 0.6 is 0 Å². The van der Waals surface area contributed by atoms with Crippen molar-refractivity contribution in [1.82, 2.24) is 9.97 Å². The molecule has 1 aromatic heterocycles. The molecule has 0 aliphatic carbocycles. The van der Waals surface area contributed by atoms with E-state index >= 15 is 0 Å². The van der Waals surface area contributed by atoms with Gasteiger partial charge in [0.15, 0.2) is 0 Å². The minimum Gasteiger partial charge on any atom is -0.330 e. The zero-order valence-corrected chi connectivity index (χ0v) is 9.95. The van der Waals surface area contributed by atoms with E-state index in [1.807, 2.05) is 13.1 Å². The number of aryl methyl sites for hydroxylation is 2. The number of nitrogens with zero attached hydrogens (tertiary/aromatic N) is 2. The molecule has 0 saturated carbocycles. The van der Waals surface area contributed by atoms with E-state index in [1.165, 1.54) is 11.3 Å². The van der Waals surface area contributed by atoms with Gasteiger partial charge in [-0.3, -0.25) is 0 Å². The number of nitrogens with two attached hydrogens (primary N) is 1. The van der Waals surface area contributed by atoms with Gasteiger partial charge in [-0.2, -0.15) is 0 Å². The largest absolute Gasteiger partial charge is 0.330 e. The summed E-state index contributed by atoms with van der Waals surface area (Å²) in [5.74, 6) is 1.50. The van der Waals surface area contributed by atoms with Crippen LogP contribution in [0.15, 0.2) is 6.20 Å². The van der Waals surface area contributed by atoms with Crippen LogP contribution in [-0.2, 0) is 12.8 Å². The van der Waals surface area contributed by atoms with E-state index in [9.17, 15) is 0 Å². The van der Waals surface area contributed by atoms with Crippen molar-refractivity contribution in [3.63, 3.8) is 0 Å². The van der Waals surface area contributed by atoms with Crippen LogP contribution in [0.2, 0.25) is 0 Å². The lowest BCUT2D eigenvalue weighted by molar-refractivity contribution is 0.623. The number of aromatic nitrogens is 2. The monoisotopic (exact) mass is 207 g/mol. The zero-order chi connectivity index (χ0) is 11.3. The summed E-state index contributed by atoms with van der Waals surface area (Å²) in [6, 6.07) is 0. The molecule has 0 atom stereocenters. The molecule has 0 fully saturated rings. The molecule has 0 aromatic carbocycles. The maximum atomic E-state index is 5.52. The Hall–Kier alpha value is -0.960. The van der Waals surface area contributed by atoms with Gasteiger partial charge in [0.1, 0.15) is 5.82 Å². The van der Waals surface area contributed by atoms with Gasteiger partial charge < -0.3 is 5.73 Å². The lowest BCUT2D eigenvalue weighted by Crippen LogP contribution is -2.08. The van der Waals surface area contributed by atoms with Gasteiger partial charge in [0.05, 0.1) is 0 Å². The van der Waals surface area contributed by atoms with Gasteiger partial charge in [-0.1, -0.05) is 13.8 Å². The van der Waals surface area contributed by atoms with Crippen molar-refractivity contribution in [2.45, 2.75) is 40.0 Å². The van der Waals surface area contributed by atoms with Crippen LogP contribution in [0, 0.1) is 12.8 Å². The summed E-state index contributed by atoms with van der Waals surface area (Å²) in [5.41, 5.74) is 7.98. The first-order valence-corrected chi connectivity index (χ1v) is 5.65. The fraction of sp³-hybridized carbons (Fsp3) is 0.667. The summed E-state index contributed by atoms with van der Waals surface area (Å²) in [4.78, 5) is 8.76. The number of hydrogen-bond donors (Lipinski definition) is 1. The first-order chi connectivity index (χ1) is 7.13. The standard InChI is InChI=1S/C12H21N3/c1-9(2)7-12-11(5-4-6-13)8-14-10(3)15-12/h8-9H,4-7,13H2,1-3H3. The Bertz CT molecular complexity index is 308. The summed E-state index contributed by atoms with van der Waals surface area (Å²) in [7, 11) is 0. The van der Waals surface area contributed by atoms with Gasteiger partial charge in [-0.15, -0.1) is 0 Å². The molecule has 0 aliphatic rings. The van der Waals surface area contributed by atoms with Crippen molar-refractivity contribution < 1.29 is 0 Å². The minimum atomic E-state index is 0.635. The van der Waals surface area contributed by atoms with Gasteiger partial charge in [-0.25, -0.2) is 9.97 Å². The molecule has 0 amide bonds. The first kappa shape index (κ1) is 12.1. The molecule has 15 heavy (non-hydrogen) atoms. The summed E-state index contributed by atoms with van der Waals surface area (Å²) >= 11 is 0. The summed E-state index contributed by atoms with van der Waals surface area (Å²) in [5, 5.41) is 0. The smallest absolute Gasteiger partial charge is 0.125 e. The van der Waals surface area contributed by atoms with Gasteiger partial charge in [0.25, 0.3) is 0 Å². The normalized spacial score (nSPS) is 11.0. The fourth-order valence-corrected chi connectivity index (χ4v) is 1.61. The van der Waals surface area contributed by atoms with Crippen molar-refractivity contribution in [2.75, 3.05) is 6.54 Å². The molecule has 0 aliphatic heterocycles. The lowest BCUT2D eigenvalue weighted by Gasteiger charge is -2.10. The Balaban J connectivity index is 2.82. The van der Waals surface area contributed by atoms with E-state index in [4.69, 9.17) is 5.73 Å². The third-order valence-corrected chi connectivity index (χ3v) is 2.33. The molecule has 3 nitrogen and oxygen atoms in total. The van der Waals surface area contributed by atoms with Crippen molar-refractivity contribution in [2.24, 2.45) is 11.7 Å². The maximum Gasteiger partial charge on any atom is 0.125 e. The molecular formula is C12H21N3. The van der Waals surface area contributed by atoms with Crippen LogP contribution in [0.3, 0.4) is 0 Å². The highest BCUT2D eigenvalue weighted by atomic mass is 14.9. The Kier molecular flexibility index (Phi) is 4.69. The molecule has 1 aromatic rings. The van der Waals surface area contributed by atoms with E-state index in [1.54, 1.807) is 0 Å². The molecule has 0 unspecified atom stereocenters. The molecule has 0 bridgehead atoms. The van der Waals surface area contributed by atoms with Crippen molar-refractivity contribution >= 4 is 0 Å². The van der Waals surface area contributed by atoms with Gasteiger partial charge in [0, 0.05) is 11.9 Å². The molecule has 0 spiro atoms.